The second kappa shape index (κ2) is 8.12. The number of piperazine rings is 1. The minimum absolute atomic E-state index is 0.203. The first-order valence-electron chi connectivity index (χ1n) is 8.94. The zero-order valence-corrected chi connectivity index (χ0v) is 14.6. The van der Waals surface area contributed by atoms with Crippen LogP contribution in [0.5, 0.6) is 0 Å². The lowest BCUT2D eigenvalue weighted by Gasteiger charge is -2.32. The molecule has 0 radical (unpaired) electrons. The highest BCUT2D eigenvalue weighted by molar-refractivity contribution is 5.84. The van der Waals surface area contributed by atoms with E-state index in [9.17, 15) is 5.11 Å². The number of likely N-dealkylation sites (N-methyl/N-ethyl adjacent to an activating group) is 1. The fourth-order valence-electron chi connectivity index (χ4n) is 3.52. The Balaban J connectivity index is 1.63. The van der Waals surface area contributed by atoms with Gasteiger partial charge in [0.1, 0.15) is 0 Å². The van der Waals surface area contributed by atoms with Crippen LogP contribution in [0.3, 0.4) is 0 Å². The van der Waals surface area contributed by atoms with Gasteiger partial charge in [-0.25, -0.2) is 0 Å². The zero-order chi connectivity index (χ0) is 16.9. The predicted molar refractivity (Wildman–Crippen MR) is 97.3 cm³/mol. The van der Waals surface area contributed by atoms with E-state index in [1.54, 1.807) is 0 Å². The molecule has 1 fully saturated rings. The van der Waals surface area contributed by atoms with Crippen molar-refractivity contribution in [2.45, 2.75) is 25.5 Å². The molecule has 2 aromatic rings. The maximum atomic E-state index is 9.77. The molecule has 1 aromatic heterocycles. The van der Waals surface area contributed by atoms with Crippen molar-refractivity contribution >= 4 is 10.9 Å². The van der Waals surface area contributed by atoms with Crippen LogP contribution in [0.25, 0.3) is 10.9 Å². The van der Waals surface area contributed by atoms with Crippen LogP contribution in [0.1, 0.15) is 12.0 Å². The van der Waals surface area contributed by atoms with Crippen LogP contribution >= 0.6 is 0 Å². The van der Waals surface area contributed by atoms with Crippen LogP contribution < -0.4 is 0 Å². The molecule has 24 heavy (non-hydrogen) atoms. The van der Waals surface area contributed by atoms with E-state index < -0.39 is 6.10 Å². The van der Waals surface area contributed by atoms with Crippen molar-refractivity contribution in [1.82, 2.24) is 14.4 Å². The van der Waals surface area contributed by atoms with E-state index in [2.05, 4.69) is 45.8 Å². The third-order valence-electron chi connectivity index (χ3n) is 5.01. The number of para-hydroxylation sites is 1. The lowest BCUT2D eigenvalue weighted by atomic mass is 10.1. The highest BCUT2D eigenvalue weighted by atomic mass is 16.3. The summed E-state index contributed by atoms with van der Waals surface area (Å²) in [5, 5.41) is 20.1. The van der Waals surface area contributed by atoms with Crippen LogP contribution in [0.15, 0.2) is 30.5 Å². The molecule has 3 rings (SSSR count). The second-order valence-corrected chi connectivity index (χ2v) is 6.91. The summed E-state index contributed by atoms with van der Waals surface area (Å²) in [5.74, 6) is 0. The summed E-state index contributed by atoms with van der Waals surface area (Å²) in [6.45, 7) is 6.05. The Morgan fingerprint density at radius 2 is 1.88 bits per heavy atom. The van der Waals surface area contributed by atoms with Gasteiger partial charge in [0.15, 0.2) is 0 Å². The maximum Gasteiger partial charge on any atom is 0.0949 e. The van der Waals surface area contributed by atoms with Crippen molar-refractivity contribution in [2.24, 2.45) is 0 Å². The van der Waals surface area contributed by atoms with Crippen molar-refractivity contribution in [1.29, 1.82) is 0 Å². The van der Waals surface area contributed by atoms with Crippen LogP contribution in [0.4, 0.5) is 0 Å². The van der Waals surface area contributed by atoms with Crippen LogP contribution in [-0.4, -0.2) is 77.1 Å². The highest BCUT2D eigenvalue weighted by Gasteiger charge is 2.14. The van der Waals surface area contributed by atoms with E-state index in [4.69, 9.17) is 5.11 Å². The lowest BCUT2D eigenvalue weighted by molar-refractivity contribution is 0.0822. The number of aliphatic hydroxyl groups excluding tert-OH is 2. The summed E-state index contributed by atoms with van der Waals surface area (Å²) in [4.78, 5) is 4.94. The molecule has 1 saturated heterocycles. The summed E-state index contributed by atoms with van der Waals surface area (Å²) in [7, 11) is 2.19. The molecule has 1 unspecified atom stereocenters. The molecule has 2 N–H and O–H groups in total. The molecule has 0 aliphatic carbocycles. The quantitative estimate of drug-likeness (QED) is 0.800. The molecule has 0 spiro atoms. The molecule has 132 valence electrons. The smallest absolute Gasteiger partial charge is 0.0949 e. The van der Waals surface area contributed by atoms with Gasteiger partial charge in [-0.3, -0.25) is 0 Å². The third kappa shape index (κ3) is 4.16. The number of benzene rings is 1. The van der Waals surface area contributed by atoms with E-state index in [0.29, 0.717) is 6.54 Å². The first-order chi connectivity index (χ1) is 11.7. The molecule has 1 aromatic carbocycles. The number of aliphatic hydroxyl groups is 2. The van der Waals surface area contributed by atoms with Gasteiger partial charge >= 0.3 is 0 Å². The molecule has 5 nitrogen and oxygen atoms in total. The standard InChI is InChI=1S/C19H29N3O2/c1-20-9-11-21(12-10-20)8-4-5-16-13-22(14-17(24)15-23)19-7-3-2-6-18(16)19/h2-3,6-7,13,17,23-24H,4-5,8-12,14-15H2,1H3. The molecule has 0 bridgehead atoms. The molecular weight excluding hydrogens is 302 g/mol. The van der Waals surface area contributed by atoms with Crippen molar-refractivity contribution < 1.29 is 10.2 Å². The SMILES string of the molecule is CN1CCN(CCCc2cn(CC(O)CO)c3ccccc23)CC1. The van der Waals surface area contributed by atoms with Gasteiger partial charge in [0.2, 0.25) is 0 Å². The van der Waals surface area contributed by atoms with Crippen molar-refractivity contribution in [3.63, 3.8) is 0 Å². The second-order valence-electron chi connectivity index (χ2n) is 6.91. The molecule has 1 atom stereocenters. The predicted octanol–water partition coefficient (Wildman–Crippen LogP) is 1.17. The Labute approximate surface area is 144 Å². The van der Waals surface area contributed by atoms with Gasteiger partial charge in [0.25, 0.3) is 0 Å². The Kier molecular flexibility index (Phi) is 5.89. The van der Waals surface area contributed by atoms with Gasteiger partial charge in [-0.1, -0.05) is 18.2 Å². The van der Waals surface area contributed by atoms with E-state index in [0.717, 1.165) is 24.9 Å². The average molecular weight is 331 g/mol. The minimum Gasteiger partial charge on any atom is -0.394 e. The Morgan fingerprint density at radius 3 is 2.62 bits per heavy atom. The molecule has 1 aliphatic heterocycles. The van der Waals surface area contributed by atoms with E-state index >= 15 is 0 Å². The normalized spacial score (nSPS) is 18.3. The Hall–Kier alpha value is -1.40. The van der Waals surface area contributed by atoms with Gasteiger partial charge in [-0.15, -0.1) is 0 Å². The van der Waals surface area contributed by atoms with Crippen molar-refractivity contribution in [2.75, 3.05) is 46.4 Å². The van der Waals surface area contributed by atoms with Crippen LogP contribution in [0, 0.1) is 0 Å². The van der Waals surface area contributed by atoms with E-state index in [1.165, 1.54) is 37.1 Å². The van der Waals surface area contributed by atoms with Gasteiger partial charge < -0.3 is 24.6 Å². The monoisotopic (exact) mass is 331 g/mol. The van der Waals surface area contributed by atoms with Crippen LogP contribution in [0.2, 0.25) is 0 Å². The lowest BCUT2D eigenvalue weighted by Crippen LogP contribution is -2.44. The molecule has 0 amide bonds. The number of aryl methyl sites for hydroxylation is 1. The maximum absolute atomic E-state index is 9.77. The van der Waals surface area contributed by atoms with E-state index in [1.807, 2.05) is 6.07 Å². The van der Waals surface area contributed by atoms with Gasteiger partial charge in [-0.05, 0) is 38.1 Å². The van der Waals surface area contributed by atoms with Crippen LogP contribution in [-0.2, 0) is 13.0 Å². The highest BCUT2D eigenvalue weighted by Crippen LogP contribution is 2.23. The van der Waals surface area contributed by atoms with Gasteiger partial charge in [-0.2, -0.15) is 0 Å². The number of rotatable bonds is 7. The number of nitrogens with zero attached hydrogens (tertiary/aromatic N) is 3. The molecule has 1 aliphatic rings. The molecule has 2 heterocycles. The summed E-state index contributed by atoms with van der Waals surface area (Å²) >= 11 is 0. The molecular formula is C19H29N3O2. The van der Waals surface area contributed by atoms with Crippen molar-refractivity contribution in [3.05, 3.63) is 36.0 Å². The molecule has 0 saturated carbocycles. The van der Waals surface area contributed by atoms with E-state index in [-0.39, 0.29) is 6.61 Å². The fraction of sp³-hybridized carbons (Fsp3) is 0.579. The average Bonchev–Trinajstić information content (AvgIpc) is 2.94. The number of fused-ring (bicyclic) bond motifs is 1. The Bertz CT molecular complexity index is 647. The number of hydrogen-bond donors (Lipinski definition) is 2. The summed E-state index contributed by atoms with van der Waals surface area (Å²) in [6, 6.07) is 8.34. The Morgan fingerprint density at radius 1 is 1.12 bits per heavy atom. The van der Waals surface area contributed by atoms with Crippen molar-refractivity contribution in [3.8, 4) is 0 Å². The number of hydrogen-bond acceptors (Lipinski definition) is 4. The van der Waals surface area contributed by atoms with Gasteiger partial charge in [0.05, 0.1) is 19.3 Å². The molecule has 5 heteroatoms. The third-order valence-corrected chi connectivity index (χ3v) is 5.01. The number of aromatic nitrogens is 1. The first-order valence-corrected chi connectivity index (χ1v) is 8.94. The summed E-state index contributed by atoms with van der Waals surface area (Å²) in [6.07, 6.45) is 3.64. The first kappa shape index (κ1) is 17.4. The zero-order valence-electron chi connectivity index (χ0n) is 14.6. The van der Waals surface area contributed by atoms with Gasteiger partial charge in [0, 0.05) is 43.3 Å². The summed E-state index contributed by atoms with van der Waals surface area (Å²) in [5.41, 5.74) is 2.48. The fourth-order valence-corrected chi connectivity index (χ4v) is 3.52. The topological polar surface area (TPSA) is 51.9 Å². The summed E-state index contributed by atoms with van der Waals surface area (Å²) < 4.78 is 2.07. The minimum atomic E-state index is -0.709. The largest absolute Gasteiger partial charge is 0.394 e.